The molecule has 3 aromatic carbocycles. The minimum atomic E-state index is 0.121. The molecule has 0 saturated heterocycles. The third kappa shape index (κ3) is 10.1. The average Bonchev–Trinajstić information content (AvgIpc) is 2.90. The molecule has 3 heteroatoms. The molecule has 0 radical (unpaired) electrons. The fourth-order valence-corrected chi connectivity index (χ4v) is 3.24. The summed E-state index contributed by atoms with van der Waals surface area (Å²) in [5.74, 6) is 0.995. The van der Waals surface area contributed by atoms with Gasteiger partial charge in [-0.05, 0) is 26.2 Å². The monoisotopic (exact) mass is 458 g/mol. The van der Waals surface area contributed by atoms with Gasteiger partial charge < -0.3 is 0 Å². The van der Waals surface area contributed by atoms with Crippen LogP contribution in [0.3, 0.4) is 0 Å². The van der Waals surface area contributed by atoms with Crippen LogP contribution in [0.1, 0.15) is 85.0 Å². The fraction of sp³-hybridized carbons (Fsp3) is 0.323. The first-order valence-electron chi connectivity index (χ1n) is 12.1. The van der Waals surface area contributed by atoms with Crippen molar-refractivity contribution in [2.45, 2.75) is 53.9 Å². The Morgan fingerprint density at radius 2 is 0.912 bits per heavy atom. The van der Waals surface area contributed by atoms with Crippen molar-refractivity contribution >= 4 is 17.3 Å². The molecule has 3 nitrogen and oxygen atoms in total. The SMILES string of the molecule is CC(=O)c1ccccc1.CCC(C)C(=O)c1ccccc1.CCC(CC)C(=O)c1ccccc1. The van der Waals surface area contributed by atoms with E-state index in [-0.39, 0.29) is 29.2 Å². The second-order valence-corrected chi connectivity index (χ2v) is 8.21. The summed E-state index contributed by atoms with van der Waals surface area (Å²) in [5.41, 5.74) is 2.44. The summed E-state index contributed by atoms with van der Waals surface area (Å²) < 4.78 is 0. The van der Waals surface area contributed by atoms with Crippen molar-refractivity contribution in [3.8, 4) is 0 Å². The summed E-state index contributed by atoms with van der Waals surface area (Å²) in [7, 11) is 0. The first-order chi connectivity index (χ1) is 16.3. The summed E-state index contributed by atoms with van der Waals surface area (Å²) in [5, 5.41) is 0. The second kappa shape index (κ2) is 16.3. The minimum Gasteiger partial charge on any atom is -0.295 e. The van der Waals surface area contributed by atoms with Gasteiger partial charge in [0.1, 0.15) is 0 Å². The Bertz CT molecular complexity index is 975. The number of Topliss-reactive ketones (excluding diaryl/α,β-unsaturated/α-hetero) is 3. The van der Waals surface area contributed by atoms with Gasteiger partial charge in [0.25, 0.3) is 0 Å². The van der Waals surface area contributed by atoms with Crippen LogP contribution in [0.4, 0.5) is 0 Å². The van der Waals surface area contributed by atoms with Crippen molar-refractivity contribution in [1.82, 2.24) is 0 Å². The molecule has 0 N–H and O–H groups in total. The maximum absolute atomic E-state index is 11.8. The van der Waals surface area contributed by atoms with Crippen LogP contribution in [0, 0.1) is 11.8 Å². The Labute approximate surface area is 205 Å². The summed E-state index contributed by atoms with van der Waals surface area (Å²) in [6, 6.07) is 28.2. The van der Waals surface area contributed by atoms with E-state index in [4.69, 9.17) is 0 Å². The number of hydrogen-bond acceptors (Lipinski definition) is 3. The highest BCUT2D eigenvalue weighted by Crippen LogP contribution is 2.15. The third-order valence-corrected chi connectivity index (χ3v) is 5.71. The van der Waals surface area contributed by atoms with E-state index < -0.39 is 0 Å². The highest BCUT2D eigenvalue weighted by Gasteiger charge is 2.15. The molecule has 0 heterocycles. The van der Waals surface area contributed by atoms with Crippen LogP contribution in [0.5, 0.6) is 0 Å². The lowest BCUT2D eigenvalue weighted by Gasteiger charge is -2.10. The third-order valence-electron chi connectivity index (χ3n) is 5.71. The molecule has 34 heavy (non-hydrogen) atoms. The van der Waals surface area contributed by atoms with Gasteiger partial charge in [-0.25, -0.2) is 0 Å². The molecule has 0 bridgehead atoms. The fourth-order valence-electron chi connectivity index (χ4n) is 3.24. The first-order valence-corrected chi connectivity index (χ1v) is 12.1. The molecule has 0 aliphatic carbocycles. The first kappa shape index (κ1) is 28.7. The van der Waals surface area contributed by atoms with Crippen LogP contribution >= 0.6 is 0 Å². The van der Waals surface area contributed by atoms with Crippen molar-refractivity contribution < 1.29 is 14.4 Å². The molecule has 0 spiro atoms. The molecular formula is C31H38O3. The van der Waals surface area contributed by atoms with Gasteiger partial charge in [-0.2, -0.15) is 0 Å². The number of carbonyl (C=O) groups excluding carboxylic acids is 3. The van der Waals surface area contributed by atoms with Crippen LogP contribution < -0.4 is 0 Å². The molecule has 0 aromatic heterocycles. The van der Waals surface area contributed by atoms with Gasteiger partial charge in [-0.3, -0.25) is 14.4 Å². The van der Waals surface area contributed by atoms with Gasteiger partial charge in [-0.1, -0.05) is 119 Å². The summed E-state index contributed by atoms with van der Waals surface area (Å²) in [4.78, 5) is 34.0. The van der Waals surface area contributed by atoms with Gasteiger partial charge in [0.05, 0.1) is 0 Å². The zero-order valence-electron chi connectivity index (χ0n) is 21.2. The second-order valence-electron chi connectivity index (χ2n) is 8.21. The molecule has 0 amide bonds. The minimum absolute atomic E-state index is 0.121. The van der Waals surface area contributed by atoms with E-state index in [1.165, 1.54) is 0 Å². The summed E-state index contributed by atoms with van der Waals surface area (Å²) in [6.45, 7) is 9.69. The largest absolute Gasteiger partial charge is 0.295 e. The molecule has 0 aliphatic heterocycles. The maximum Gasteiger partial charge on any atom is 0.165 e. The van der Waals surface area contributed by atoms with Crippen LogP contribution in [0.2, 0.25) is 0 Å². The number of benzene rings is 3. The van der Waals surface area contributed by atoms with Gasteiger partial charge >= 0.3 is 0 Å². The Morgan fingerprint density at radius 3 is 1.21 bits per heavy atom. The highest BCUT2D eigenvalue weighted by atomic mass is 16.1. The van der Waals surface area contributed by atoms with Crippen molar-refractivity contribution in [2.75, 3.05) is 0 Å². The molecule has 180 valence electrons. The van der Waals surface area contributed by atoms with Gasteiger partial charge in [0, 0.05) is 28.5 Å². The number of ketones is 3. The Kier molecular flexibility index (Phi) is 13.8. The highest BCUT2D eigenvalue weighted by molar-refractivity contribution is 5.98. The predicted molar refractivity (Wildman–Crippen MR) is 142 cm³/mol. The van der Waals surface area contributed by atoms with E-state index in [1.54, 1.807) is 6.92 Å². The Morgan fingerprint density at radius 1 is 0.559 bits per heavy atom. The van der Waals surface area contributed by atoms with Crippen molar-refractivity contribution in [3.05, 3.63) is 108 Å². The van der Waals surface area contributed by atoms with Crippen LogP contribution in [-0.2, 0) is 0 Å². The normalized spacial score (nSPS) is 10.8. The van der Waals surface area contributed by atoms with Crippen LogP contribution in [0.25, 0.3) is 0 Å². The van der Waals surface area contributed by atoms with Crippen molar-refractivity contribution in [2.24, 2.45) is 11.8 Å². The zero-order valence-corrected chi connectivity index (χ0v) is 21.2. The van der Waals surface area contributed by atoms with Crippen LogP contribution in [0.15, 0.2) is 91.0 Å². The Balaban J connectivity index is 0.000000259. The van der Waals surface area contributed by atoms with Gasteiger partial charge in [0.2, 0.25) is 0 Å². The summed E-state index contributed by atoms with van der Waals surface area (Å²) in [6.07, 6.45) is 2.78. The average molecular weight is 459 g/mol. The Hall–Kier alpha value is -3.33. The van der Waals surface area contributed by atoms with E-state index in [2.05, 4.69) is 13.8 Å². The smallest absolute Gasteiger partial charge is 0.165 e. The van der Waals surface area contributed by atoms with Crippen LogP contribution in [-0.4, -0.2) is 17.3 Å². The maximum atomic E-state index is 11.8. The van der Waals surface area contributed by atoms with E-state index >= 15 is 0 Å². The number of hydrogen-bond donors (Lipinski definition) is 0. The molecule has 0 aliphatic rings. The molecular weight excluding hydrogens is 420 g/mol. The molecule has 1 unspecified atom stereocenters. The quantitative estimate of drug-likeness (QED) is 0.320. The van der Waals surface area contributed by atoms with Crippen molar-refractivity contribution in [3.63, 3.8) is 0 Å². The topological polar surface area (TPSA) is 51.2 Å². The molecule has 1 atom stereocenters. The molecule has 3 aromatic rings. The lowest BCUT2D eigenvalue weighted by Crippen LogP contribution is -2.12. The summed E-state index contributed by atoms with van der Waals surface area (Å²) >= 11 is 0. The molecule has 0 saturated carbocycles. The lowest BCUT2D eigenvalue weighted by atomic mass is 9.93. The number of rotatable bonds is 8. The zero-order chi connectivity index (χ0) is 25.3. The lowest BCUT2D eigenvalue weighted by molar-refractivity contribution is 0.0910. The van der Waals surface area contributed by atoms with E-state index in [1.807, 2.05) is 105 Å². The van der Waals surface area contributed by atoms with Gasteiger partial charge in [-0.15, -0.1) is 0 Å². The van der Waals surface area contributed by atoms with Crippen molar-refractivity contribution in [1.29, 1.82) is 0 Å². The van der Waals surface area contributed by atoms with E-state index in [0.717, 1.165) is 36.0 Å². The standard InChI is InChI=1S/C12H16O.C11H14O.C8H8O/c1-3-10(4-2)12(13)11-8-6-5-7-9-11;1-3-9(2)11(12)10-7-5-4-6-8-10;1-7(9)8-5-3-2-4-6-8/h5-10H,3-4H2,1-2H3;4-9H,3H2,1-2H3;2-6H,1H3. The predicted octanol–water partition coefficient (Wildman–Crippen LogP) is 8.11. The molecule has 3 rings (SSSR count). The number of carbonyl (C=O) groups is 3. The van der Waals surface area contributed by atoms with E-state index in [0.29, 0.717) is 0 Å². The molecule has 0 fully saturated rings. The van der Waals surface area contributed by atoms with E-state index in [9.17, 15) is 14.4 Å². The van der Waals surface area contributed by atoms with Gasteiger partial charge in [0.15, 0.2) is 17.3 Å².